The number of alkyl halides is 2. The maximum absolute atomic E-state index is 13.3. The average molecular weight is 387 g/mol. The van der Waals surface area contributed by atoms with Crippen LogP contribution >= 0.6 is 0 Å². The molecule has 1 aliphatic rings. The van der Waals surface area contributed by atoms with Crippen LogP contribution in [0.3, 0.4) is 0 Å². The Morgan fingerprint density at radius 2 is 2.00 bits per heavy atom. The first-order valence-electron chi connectivity index (χ1n) is 9.00. The molecule has 28 heavy (non-hydrogen) atoms. The highest BCUT2D eigenvalue weighted by Gasteiger charge is 2.33. The number of carbonyl (C=O) groups is 1. The lowest BCUT2D eigenvalue weighted by Crippen LogP contribution is -2.42. The Balaban J connectivity index is 1.67. The number of nitrogens with zero attached hydrogens (tertiary/aromatic N) is 7. The number of hydrogen-bond acceptors (Lipinski definition) is 6. The molecule has 146 valence electrons. The second kappa shape index (κ2) is 7.17. The minimum absolute atomic E-state index is 0.135. The largest absolute Gasteiger partial charge is 0.338 e. The molecule has 4 rings (SSSR count). The van der Waals surface area contributed by atoms with E-state index in [1.165, 1.54) is 29.3 Å². The van der Waals surface area contributed by atoms with Crippen LogP contribution < -0.4 is 0 Å². The number of likely N-dealkylation sites (tertiary alicyclic amines) is 1. The molecule has 0 aromatic carbocycles. The Morgan fingerprint density at radius 1 is 1.25 bits per heavy atom. The molecular formula is C18H19F2N7O. The van der Waals surface area contributed by atoms with Gasteiger partial charge in [0.15, 0.2) is 0 Å². The third kappa shape index (κ3) is 3.30. The molecule has 0 aliphatic carbocycles. The molecule has 0 spiro atoms. The van der Waals surface area contributed by atoms with Gasteiger partial charge in [-0.2, -0.15) is 10.1 Å². The standard InChI is InChI=1S/C18H19F2N7O/c1-10-3-4-26(17(28)12-6-21-11(2)22-7-12)8-13(10)15-5-14(16(19)20)25-18-23-9-24-27(15)18/h5-7,9-10,13,16H,3-4,8H2,1-2H3/t10-,13-/m1/s1. The van der Waals surface area contributed by atoms with E-state index in [9.17, 15) is 13.6 Å². The van der Waals surface area contributed by atoms with Gasteiger partial charge in [-0.25, -0.2) is 28.2 Å². The zero-order chi connectivity index (χ0) is 19.8. The Labute approximate surface area is 159 Å². The third-order valence-electron chi connectivity index (χ3n) is 5.18. The first kappa shape index (κ1) is 18.3. The van der Waals surface area contributed by atoms with Gasteiger partial charge in [0, 0.05) is 31.4 Å². The summed E-state index contributed by atoms with van der Waals surface area (Å²) in [6.45, 7) is 4.76. The van der Waals surface area contributed by atoms with Gasteiger partial charge in [-0.15, -0.1) is 0 Å². The zero-order valence-electron chi connectivity index (χ0n) is 15.5. The van der Waals surface area contributed by atoms with E-state index in [1.807, 2.05) is 6.92 Å². The summed E-state index contributed by atoms with van der Waals surface area (Å²) in [6.07, 6.45) is 2.35. The van der Waals surface area contributed by atoms with Crippen molar-refractivity contribution in [3.05, 3.63) is 47.6 Å². The van der Waals surface area contributed by atoms with Crippen molar-refractivity contribution in [3.8, 4) is 0 Å². The molecule has 0 unspecified atom stereocenters. The van der Waals surface area contributed by atoms with E-state index in [0.29, 0.717) is 30.2 Å². The summed E-state index contributed by atoms with van der Waals surface area (Å²) in [5.74, 6) is 0.559. The zero-order valence-corrected chi connectivity index (χ0v) is 15.5. The van der Waals surface area contributed by atoms with Gasteiger partial charge in [-0.05, 0) is 25.3 Å². The summed E-state index contributed by atoms with van der Waals surface area (Å²) in [6, 6.07) is 1.37. The monoisotopic (exact) mass is 387 g/mol. The van der Waals surface area contributed by atoms with Crippen molar-refractivity contribution < 1.29 is 13.6 Å². The SMILES string of the molecule is Cc1ncc(C(=O)N2CC[C@@H](C)[C@H](c3cc(C(F)F)nc4ncnn34)C2)cn1. The molecule has 0 bridgehead atoms. The van der Waals surface area contributed by atoms with E-state index < -0.39 is 6.43 Å². The average Bonchev–Trinajstić information content (AvgIpc) is 3.16. The van der Waals surface area contributed by atoms with E-state index in [2.05, 4.69) is 25.0 Å². The Bertz CT molecular complexity index is 1000. The first-order valence-corrected chi connectivity index (χ1v) is 9.00. The number of fused-ring (bicyclic) bond motifs is 1. The van der Waals surface area contributed by atoms with Gasteiger partial charge in [-0.3, -0.25) is 4.79 Å². The van der Waals surface area contributed by atoms with Crippen LogP contribution in [0, 0.1) is 12.8 Å². The van der Waals surface area contributed by atoms with Gasteiger partial charge < -0.3 is 4.90 Å². The van der Waals surface area contributed by atoms with Crippen LogP contribution in [0.1, 0.15) is 53.3 Å². The molecule has 3 aromatic heterocycles. The van der Waals surface area contributed by atoms with Crippen molar-refractivity contribution in [1.29, 1.82) is 0 Å². The highest BCUT2D eigenvalue weighted by atomic mass is 19.3. The minimum Gasteiger partial charge on any atom is -0.338 e. The summed E-state index contributed by atoms with van der Waals surface area (Å²) in [5.41, 5.74) is 0.661. The quantitative estimate of drug-likeness (QED) is 0.686. The Kier molecular flexibility index (Phi) is 4.70. The van der Waals surface area contributed by atoms with Crippen LogP contribution in [0.4, 0.5) is 8.78 Å². The molecule has 1 saturated heterocycles. The van der Waals surface area contributed by atoms with Crippen molar-refractivity contribution in [1.82, 2.24) is 34.4 Å². The van der Waals surface area contributed by atoms with Crippen molar-refractivity contribution in [2.75, 3.05) is 13.1 Å². The van der Waals surface area contributed by atoms with Crippen molar-refractivity contribution in [2.24, 2.45) is 5.92 Å². The minimum atomic E-state index is -2.71. The predicted octanol–water partition coefficient (Wildman–Crippen LogP) is 2.43. The first-order chi connectivity index (χ1) is 13.4. The molecule has 0 N–H and O–H groups in total. The number of aryl methyl sites for hydroxylation is 1. The summed E-state index contributed by atoms with van der Waals surface area (Å²) < 4.78 is 28.1. The molecule has 2 atom stereocenters. The van der Waals surface area contributed by atoms with Crippen LogP contribution in [-0.4, -0.2) is 53.4 Å². The van der Waals surface area contributed by atoms with Crippen LogP contribution in [0.5, 0.6) is 0 Å². The van der Waals surface area contributed by atoms with Gasteiger partial charge in [-0.1, -0.05) is 6.92 Å². The lowest BCUT2D eigenvalue weighted by molar-refractivity contribution is 0.0664. The number of rotatable bonds is 3. The number of hydrogen-bond donors (Lipinski definition) is 0. The smallest absolute Gasteiger partial charge is 0.280 e. The fourth-order valence-corrected chi connectivity index (χ4v) is 3.55. The Morgan fingerprint density at radius 3 is 2.71 bits per heavy atom. The van der Waals surface area contributed by atoms with Crippen LogP contribution in [0.25, 0.3) is 5.78 Å². The molecule has 10 heteroatoms. The van der Waals surface area contributed by atoms with Crippen molar-refractivity contribution >= 4 is 11.7 Å². The lowest BCUT2D eigenvalue weighted by atomic mass is 9.84. The number of aromatic nitrogens is 6. The number of carbonyl (C=O) groups excluding carboxylic acids is 1. The normalized spacial score (nSPS) is 20.1. The van der Waals surface area contributed by atoms with Gasteiger partial charge in [0.1, 0.15) is 17.8 Å². The van der Waals surface area contributed by atoms with Crippen molar-refractivity contribution in [2.45, 2.75) is 32.6 Å². The van der Waals surface area contributed by atoms with E-state index in [-0.39, 0.29) is 29.2 Å². The fraction of sp³-hybridized carbons (Fsp3) is 0.444. The summed E-state index contributed by atoms with van der Waals surface area (Å²) in [4.78, 5) is 30.6. The van der Waals surface area contributed by atoms with Gasteiger partial charge in [0.25, 0.3) is 18.1 Å². The van der Waals surface area contributed by atoms with Crippen LogP contribution in [0.2, 0.25) is 0 Å². The molecule has 1 aliphatic heterocycles. The molecule has 4 heterocycles. The molecule has 1 fully saturated rings. The molecule has 3 aromatic rings. The third-order valence-corrected chi connectivity index (χ3v) is 5.18. The lowest BCUT2D eigenvalue weighted by Gasteiger charge is -2.37. The fourth-order valence-electron chi connectivity index (χ4n) is 3.55. The molecular weight excluding hydrogens is 368 g/mol. The predicted molar refractivity (Wildman–Crippen MR) is 94.9 cm³/mol. The molecule has 0 saturated carbocycles. The number of halogens is 2. The summed E-state index contributed by atoms with van der Waals surface area (Å²) >= 11 is 0. The second-order valence-electron chi connectivity index (χ2n) is 7.02. The molecule has 1 amide bonds. The summed E-state index contributed by atoms with van der Waals surface area (Å²) in [5, 5.41) is 4.14. The maximum atomic E-state index is 13.3. The van der Waals surface area contributed by atoms with Crippen LogP contribution in [0.15, 0.2) is 24.8 Å². The van der Waals surface area contributed by atoms with E-state index in [0.717, 1.165) is 6.42 Å². The topological polar surface area (TPSA) is 89.2 Å². The molecule has 8 nitrogen and oxygen atoms in total. The number of amides is 1. The Hall–Kier alpha value is -3.04. The van der Waals surface area contributed by atoms with E-state index >= 15 is 0 Å². The van der Waals surface area contributed by atoms with Crippen molar-refractivity contribution in [3.63, 3.8) is 0 Å². The molecule has 0 radical (unpaired) electrons. The van der Waals surface area contributed by atoms with Crippen LogP contribution in [-0.2, 0) is 0 Å². The van der Waals surface area contributed by atoms with Gasteiger partial charge in [0.2, 0.25) is 0 Å². The number of piperidine rings is 1. The highest BCUT2D eigenvalue weighted by molar-refractivity contribution is 5.93. The highest BCUT2D eigenvalue weighted by Crippen LogP contribution is 2.34. The van der Waals surface area contributed by atoms with E-state index in [4.69, 9.17) is 0 Å². The van der Waals surface area contributed by atoms with Gasteiger partial charge >= 0.3 is 0 Å². The maximum Gasteiger partial charge on any atom is 0.280 e. The van der Waals surface area contributed by atoms with E-state index in [1.54, 1.807) is 11.8 Å². The second-order valence-corrected chi connectivity index (χ2v) is 7.02. The van der Waals surface area contributed by atoms with Gasteiger partial charge in [0.05, 0.1) is 11.3 Å². The summed E-state index contributed by atoms with van der Waals surface area (Å²) in [7, 11) is 0.